The number of benzene rings is 1. The molecule has 2 heterocycles. The number of aryl methyl sites for hydroxylation is 2. The molecule has 4 rings (SSSR count). The van der Waals surface area contributed by atoms with Gasteiger partial charge in [-0.3, -0.25) is 20.4 Å². The minimum atomic E-state index is -0.312. The van der Waals surface area contributed by atoms with Gasteiger partial charge in [-0.1, -0.05) is 42.4 Å². The van der Waals surface area contributed by atoms with Crippen molar-refractivity contribution in [1.29, 1.82) is 0 Å². The van der Waals surface area contributed by atoms with E-state index in [9.17, 15) is 9.59 Å². The average Bonchev–Trinajstić information content (AvgIpc) is 3.38. The fourth-order valence-electron chi connectivity index (χ4n) is 3.35. The molecule has 0 fully saturated rings. The molecule has 0 bridgehead atoms. The predicted molar refractivity (Wildman–Crippen MR) is 109 cm³/mol. The van der Waals surface area contributed by atoms with E-state index in [4.69, 9.17) is 4.52 Å². The highest BCUT2D eigenvalue weighted by atomic mass is 32.1. The summed E-state index contributed by atoms with van der Waals surface area (Å²) in [7, 11) is 0. The molecule has 1 aromatic carbocycles. The van der Waals surface area contributed by atoms with Gasteiger partial charge in [0.25, 0.3) is 5.91 Å². The van der Waals surface area contributed by atoms with Crippen LogP contribution < -0.4 is 10.9 Å². The first-order valence-electron chi connectivity index (χ1n) is 9.67. The third-order valence-electron chi connectivity index (χ3n) is 4.93. The highest BCUT2D eigenvalue weighted by molar-refractivity contribution is 7.14. The van der Waals surface area contributed by atoms with Crippen LogP contribution in [0.1, 0.15) is 45.8 Å². The Labute approximate surface area is 172 Å². The van der Waals surface area contributed by atoms with Crippen molar-refractivity contribution in [2.45, 2.75) is 39.0 Å². The van der Waals surface area contributed by atoms with Gasteiger partial charge in [-0.05, 0) is 36.8 Å². The zero-order chi connectivity index (χ0) is 20.2. The third-order valence-corrected chi connectivity index (χ3v) is 6.17. The van der Waals surface area contributed by atoms with Crippen molar-refractivity contribution in [3.8, 4) is 11.4 Å². The Balaban J connectivity index is 1.25. The lowest BCUT2D eigenvalue weighted by Crippen LogP contribution is -2.41. The Morgan fingerprint density at radius 2 is 2.07 bits per heavy atom. The molecule has 1 aliphatic rings. The second-order valence-corrected chi connectivity index (χ2v) is 8.42. The maximum Gasteiger partial charge on any atom is 0.279 e. The van der Waals surface area contributed by atoms with Gasteiger partial charge in [0.15, 0.2) is 0 Å². The van der Waals surface area contributed by atoms with Gasteiger partial charge >= 0.3 is 0 Å². The van der Waals surface area contributed by atoms with Crippen LogP contribution >= 0.6 is 11.3 Å². The quantitative estimate of drug-likeness (QED) is 0.629. The fraction of sp³-hybridized carbons (Fsp3) is 0.333. The summed E-state index contributed by atoms with van der Waals surface area (Å²) in [4.78, 5) is 30.6. The smallest absolute Gasteiger partial charge is 0.279 e. The molecule has 150 valence electrons. The fourth-order valence-corrected chi connectivity index (χ4v) is 4.45. The Kier molecular flexibility index (Phi) is 5.71. The van der Waals surface area contributed by atoms with Crippen LogP contribution in [0.15, 0.2) is 40.9 Å². The first kappa shape index (κ1) is 19.3. The topological polar surface area (TPSA) is 97.1 Å². The predicted octanol–water partition coefficient (Wildman–Crippen LogP) is 3.32. The highest BCUT2D eigenvalue weighted by Gasteiger charge is 2.21. The molecule has 0 saturated heterocycles. The van der Waals surface area contributed by atoms with Gasteiger partial charge in [0.2, 0.25) is 17.6 Å². The normalized spacial score (nSPS) is 15.6. The number of hydrogen-bond acceptors (Lipinski definition) is 6. The largest absolute Gasteiger partial charge is 0.339 e. The van der Waals surface area contributed by atoms with Crippen molar-refractivity contribution in [3.63, 3.8) is 0 Å². The lowest BCUT2D eigenvalue weighted by molar-refractivity contribution is -0.121. The summed E-state index contributed by atoms with van der Waals surface area (Å²) in [5, 5.41) is 3.93. The lowest BCUT2D eigenvalue weighted by atomic mass is 9.90. The number of carbonyl (C=O) groups excluding carboxylic acids is 2. The molecule has 3 aromatic rings. The van der Waals surface area contributed by atoms with Crippen molar-refractivity contribution < 1.29 is 14.1 Å². The van der Waals surface area contributed by atoms with Gasteiger partial charge < -0.3 is 4.52 Å². The molecule has 1 atom stereocenters. The number of nitrogens with zero attached hydrogens (tertiary/aromatic N) is 2. The van der Waals surface area contributed by atoms with E-state index in [1.807, 2.05) is 36.4 Å². The molecule has 8 heteroatoms. The van der Waals surface area contributed by atoms with Crippen LogP contribution in [0, 0.1) is 5.92 Å². The van der Waals surface area contributed by atoms with Gasteiger partial charge in [0.05, 0.1) is 4.88 Å². The number of thiophene rings is 1. The second kappa shape index (κ2) is 8.57. The van der Waals surface area contributed by atoms with Gasteiger partial charge in [-0.15, -0.1) is 11.3 Å². The number of rotatable bonds is 5. The number of hydrazine groups is 1. The Bertz CT molecular complexity index is 1010. The first-order chi connectivity index (χ1) is 14.1. The summed E-state index contributed by atoms with van der Waals surface area (Å²) in [5.41, 5.74) is 7.06. The molecule has 0 saturated carbocycles. The minimum Gasteiger partial charge on any atom is -0.339 e. The van der Waals surface area contributed by atoms with E-state index in [2.05, 4.69) is 27.9 Å². The van der Waals surface area contributed by atoms with Crippen LogP contribution in [-0.4, -0.2) is 22.0 Å². The van der Waals surface area contributed by atoms with Crippen molar-refractivity contribution in [3.05, 3.63) is 57.6 Å². The summed E-state index contributed by atoms with van der Waals surface area (Å²) in [6.45, 7) is 2.23. The lowest BCUT2D eigenvalue weighted by Gasteiger charge is -2.16. The van der Waals surface area contributed by atoms with Crippen molar-refractivity contribution >= 4 is 23.2 Å². The third kappa shape index (κ3) is 4.71. The van der Waals surface area contributed by atoms with Crippen LogP contribution in [0.3, 0.4) is 0 Å². The van der Waals surface area contributed by atoms with Gasteiger partial charge in [0.1, 0.15) is 0 Å². The van der Waals surface area contributed by atoms with E-state index >= 15 is 0 Å². The zero-order valence-electron chi connectivity index (χ0n) is 16.1. The molecule has 0 aliphatic heterocycles. The molecule has 7 nitrogen and oxygen atoms in total. The Morgan fingerprint density at radius 1 is 1.24 bits per heavy atom. The molecular weight excluding hydrogens is 388 g/mol. The summed E-state index contributed by atoms with van der Waals surface area (Å²) in [6.07, 6.45) is 3.63. The van der Waals surface area contributed by atoms with Crippen LogP contribution in [0.25, 0.3) is 11.4 Å². The molecule has 1 aliphatic carbocycles. The molecular formula is C21H22N4O3S. The maximum atomic E-state index is 12.3. The Hall–Kier alpha value is -3.00. The standard InChI is InChI=1S/C21H22N4O3S/c1-13-7-8-16-15(11-13)12-17(29-16)21(27)24-23-18(26)9-10-19-22-20(25-28-19)14-5-3-2-4-6-14/h2-6,12-13H,7-11H2,1H3,(H,23,26)(H,24,27)/t13-/m0/s1. The molecule has 2 aromatic heterocycles. The van der Waals surface area contributed by atoms with Crippen molar-refractivity contribution in [2.75, 3.05) is 0 Å². The number of amides is 2. The molecule has 0 spiro atoms. The van der Waals surface area contributed by atoms with Crippen molar-refractivity contribution in [1.82, 2.24) is 21.0 Å². The summed E-state index contributed by atoms with van der Waals surface area (Å²) >= 11 is 1.51. The molecule has 29 heavy (non-hydrogen) atoms. The second-order valence-electron chi connectivity index (χ2n) is 7.29. The number of aromatic nitrogens is 2. The van der Waals surface area contributed by atoms with E-state index in [-0.39, 0.29) is 18.2 Å². The monoisotopic (exact) mass is 410 g/mol. The molecule has 0 unspecified atom stereocenters. The number of nitrogens with one attached hydrogen (secondary N) is 2. The van der Waals surface area contributed by atoms with Gasteiger partial charge in [-0.25, -0.2) is 0 Å². The van der Waals surface area contributed by atoms with E-state index in [1.165, 1.54) is 21.8 Å². The summed E-state index contributed by atoms with van der Waals surface area (Å²) in [5.74, 6) is 0.929. The minimum absolute atomic E-state index is 0.134. The molecule has 0 radical (unpaired) electrons. The summed E-state index contributed by atoms with van der Waals surface area (Å²) < 4.78 is 5.19. The highest BCUT2D eigenvalue weighted by Crippen LogP contribution is 2.32. The van der Waals surface area contributed by atoms with Crippen LogP contribution in [0.5, 0.6) is 0 Å². The zero-order valence-corrected chi connectivity index (χ0v) is 16.9. The first-order valence-corrected chi connectivity index (χ1v) is 10.5. The van der Waals surface area contributed by atoms with E-state index in [0.717, 1.165) is 24.8 Å². The maximum absolute atomic E-state index is 12.3. The van der Waals surface area contributed by atoms with E-state index < -0.39 is 0 Å². The number of hydrogen-bond donors (Lipinski definition) is 2. The van der Waals surface area contributed by atoms with Gasteiger partial charge in [-0.2, -0.15) is 4.98 Å². The molecule has 2 N–H and O–H groups in total. The molecule has 2 amide bonds. The van der Waals surface area contributed by atoms with Crippen LogP contribution in [-0.2, 0) is 24.1 Å². The number of fused-ring (bicyclic) bond motifs is 1. The van der Waals surface area contributed by atoms with Crippen molar-refractivity contribution in [2.24, 2.45) is 5.92 Å². The Morgan fingerprint density at radius 3 is 2.90 bits per heavy atom. The van der Waals surface area contributed by atoms with E-state index in [1.54, 1.807) is 0 Å². The van der Waals surface area contributed by atoms with Crippen LogP contribution in [0.4, 0.5) is 0 Å². The SMILES string of the molecule is C[C@H]1CCc2sc(C(=O)NNC(=O)CCc3nc(-c4ccccc4)no3)cc2C1. The summed E-state index contributed by atoms with van der Waals surface area (Å²) in [6, 6.07) is 11.4. The average molecular weight is 410 g/mol. The van der Waals surface area contributed by atoms with Gasteiger partial charge in [0, 0.05) is 23.3 Å². The number of carbonyl (C=O) groups is 2. The van der Waals surface area contributed by atoms with E-state index in [0.29, 0.717) is 28.9 Å². The van der Waals surface area contributed by atoms with Crippen LogP contribution in [0.2, 0.25) is 0 Å².